The first-order valence-corrected chi connectivity index (χ1v) is 8.27. The number of primary amides is 1. The summed E-state index contributed by atoms with van der Waals surface area (Å²) >= 11 is 0. The minimum absolute atomic E-state index is 0.183. The molecular weight excluding hydrogens is 305 g/mol. The molecule has 2 aromatic rings. The molecule has 0 spiro atoms. The maximum absolute atomic E-state index is 14.3. The molecule has 0 unspecified atom stereocenters. The molecule has 0 radical (unpaired) electrons. The number of carbonyl (C=O) groups excluding carboxylic acids is 1. The molecule has 1 saturated heterocycles. The van der Waals surface area contributed by atoms with Crippen molar-refractivity contribution in [2.75, 3.05) is 18.0 Å². The molecule has 0 saturated carbocycles. The van der Waals surface area contributed by atoms with Crippen LogP contribution in [0.3, 0.4) is 0 Å². The minimum Gasteiger partial charge on any atom is -0.371 e. The van der Waals surface area contributed by atoms with E-state index in [1.54, 1.807) is 24.3 Å². The second-order valence-electron chi connectivity index (χ2n) is 6.10. The van der Waals surface area contributed by atoms with Crippen LogP contribution in [0, 0.1) is 5.82 Å². The summed E-state index contributed by atoms with van der Waals surface area (Å²) in [5, 5.41) is 3.27. The molecule has 1 aliphatic rings. The predicted molar refractivity (Wildman–Crippen MR) is 93.4 cm³/mol. The summed E-state index contributed by atoms with van der Waals surface area (Å²) in [5.41, 5.74) is 8.41. The van der Waals surface area contributed by atoms with Gasteiger partial charge < -0.3 is 16.0 Å². The molecule has 4 nitrogen and oxygen atoms in total. The van der Waals surface area contributed by atoms with Gasteiger partial charge in [0.2, 0.25) is 5.91 Å². The Kier molecular flexibility index (Phi) is 5.11. The average molecular weight is 327 g/mol. The van der Waals surface area contributed by atoms with Gasteiger partial charge >= 0.3 is 0 Å². The van der Waals surface area contributed by atoms with Crippen LogP contribution in [-0.2, 0) is 13.1 Å². The van der Waals surface area contributed by atoms with Crippen molar-refractivity contribution in [1.29, 1.82) is 0 Å². The number of hydrogen-bond donors (Lipinski definition) is 2. The van der Waals surface area contributed by atoms with Gasteiger partial charge in [-0.25, -0.2) is 4.39 Å². The highest BCUT2D eigenvalue weighted by molar-refractivity contribution is 5.92. The molecular formula is C19H22FN3O. The van der Waals surface area contributed by atoms with E-state index in [4.69, 9.17) is 5.73 Å². The van der Waals surface area contributed by atoms with Crippen LogP contribution in [0.5, 0.6) is 0 Å². The highest BCUT2D eigenvalue weighted by Crippen LogP contribution is 2.26. The summed E-state index contributed by atoms with van der Waals surface area (Å²) in [7, 11) is 0. The number of rotatable bonds is 6. The Bertz CT molecular complexity index is 726. The number of hydrogen-bond acceptors (Lipinski definition) is 3. The van der Waals surface area contributed by atoms with Crippen LogP contribution in [0.15, 0.2) is 42.5 Å². The van der Waals surface area contributed by atoms with Gasteiger partial charge in [0, 0.05) is 43.0 Å². The molecule has 3 rings (SSSR count). The van der Waals surface area contributed by atoms with Gasteiger partial charge in [0.05, 0.1) is 0 Å². The van der Waals surface area contributed by atoms with Gasteiger partial charge in [-0.3, -0.25) is 4.79 Å². The fraction of sp³-hybridized carbons (Fsp3) is 0.316. The highest BCUT2D eigenvalue weighted by atomic mass is 19.1. The number of amides is 1. The van der Waals surface area contributed by atoms with E-state index in [-0.39, 0.29) is 5.82 Å². The van der Waals surface area contributed by atoms with Crippen LogP contribution >= 0.6 is 0 Å². The van der Waals surface area contributed by atoms with Crippen LogP contribution in [0.25, 0.3) is 0 Å². The summed E-state index contributed by atoms with van der Waals surface area (Å²) < 4.78 is 14.3. The Morgan fingerprint density at radius 3 is 2.62 bits per heavy atom. The molecule has 126 valence electrons. The Balaban J connectivity index is 1.68. The summed E-state index contributed by atoms with van der Waals surface area (Å²) in [6, 6.07) is 12.4. The van der Waals surface area contributed by atoms with E-state index < -0.39 is 5.91 Å². The number of nitrogens with two attached hydrogens (primary N) is 1. The number of anilines is 1. The van der Waals surface area contributed by atoms with Crippen LogP contribution in [0.1, 0.15) is 34.3 Å². The van der Waals surface area contributed by atoms with Crippen molar-refractivity contribution in [3.8, 4) is 0 Å². The molecule has 1 fully saturated rings. The molecule has 0 atom stereocenters. The van der Waals surface area contributed by atoms with Crippen molar-refractivity contribution in [3.05, 3.63) is 65.0 Å². The fourth-order valence-corrected chi connectivity index (χ4v) is 3.14. The van der Waals surface area contributed by atoms with Crippen molar-refractivity contribution in [3.63, 3.8) is 0 Å². The Morgan fingerprint density at radius 1 is 1.12 bits per heavy atom. The number of benzene rings is 2. The molecule has 1 aliphatic heterocycles. The van der Waals surface area contributed by atoms with E-state index in [2.05, 4.69) is 10.2 Å². The molecule has 1 amide bonds. The topological polar surface area (TPSA) is 58.4 Å². The number of halogens is 1. The second kappa shape index (κ2) is 7.45. The standard InChI is InChI=1S/C19H22FN3O/c20-17-7-4-8-18(23-9-1-2-10-23)16(17)13-22-12-14-5-3-6-15(11-14)19(21)24/h3-8,11,22H,1-2,9-10,12-13H2,(H2,21,24). The molecule has 0 aromatic heterocycles. The van der Waals surface area contributed by atoms with Gasteiger partial charge in [-0.05, 0) is 42.7 Å². The second-order valence-corrected chi connectivity index (χ2v) is 6.10. The van der Waals surface area contributed by atoms with E-state index in [1.165, 1.54) is 6.07 Å². The first-order valence-electron chi connectivity index (χ1n) is 8.27. The van der Waals surface area contributed by atoms with E-state index in [1.807, 2.05) is 12.1 Å². The van der Waals surface area contributed by atoms with E-state index in [9.17, 15) is 9.18 Å². The molecule has 0 bridgehead atoms. The molecule has 5 heteroatoms. The monoisotopic (exact) mass is 327 g/mol. The summed E-state index contributed by atoms with van der Waals surface area (Å²) in [6.07, 6.45) is 2.31. The Labute approximate surface area is 141 Å². The molecule has 24 heavy (non-hydrogen) atoms. The Morgan fingerprint density at radius 2 is 1.88 bits per heavy atom. The minimum atomic E-state index is -0.442. The zero-order valence-corrected chi connectivity index (χ0v) is 13.6. The molecule has 2 aromatic carbocycles. The van der Waals surface area contributed by atoms with Crippen LogP contribution in [0.2, 0.25) is 0 Å². The van der Waals surface area contributed by atoms with E-state index in [0.717, 1.165) is 37.2 Å². The number of carbonyl (C=O) groups is 1. The van der Waals surface area contributed by atoms with Gasteiger partial charge in [-0.1, -0.05) is 18.2 Å². The predicted octanol–water partition coefficient (Wildman–Crippen LogP) is 2.81. The maximum Gasteiger partial charge on any atom is 0.248 e. The first kappa shape index (κ1) is 16.5. The summed E-state index contributed by atoms with van der Waals surface area (Å²) in [4.78, 5) is 13.5. The SMILES string of the molecule is NC(=O)c1cccc(CNCc2c(F)cccc2N2CCCC2)c1. The Hall–Kier alpha value is -2.40. The fourth-order valence-electron chi connectivity index (χ4n) is 3.14. The average Bonchev–Trinajstić information content (AvgIpc) is 3.11. The van der Waals surface area contributed by atoms with Gasteiger partial charge in [0.25, 0.3) is 0 Å². The number of nitrogens with one attached hydrogen (secondary N) is 1. The van der Waals surface area contributed by atoms with Crippen molar-refractivity contribution in [2.24, 2.45) is 5.73 Å². The third kappa shape index (κ3) is 3.74. The van der Waals surface area contributed by atoms with Crippen LogP contribution < -0.4 is 16.0 Å². The van der Waals surface area contributed by atoms with Crippen molar-refractivity contribution >= 4 is 11.6 Å². The quantitative estimate of drug-likeness (QED) is 0.858. The van der Waals surface area contributed by atoms with Gasteiger partial charge in [0.15, 0.2) is 0 Å². The van der Waals surface area contributed by atoms with E-state index in [0.29, 0.717) is 24.2 Å². The lowest BCUT2D eigenvalue weighted by molar-refractivity contribution is 0.1000. The zero-order valence-electron chi connectivity index (χ0n) is 13.6. The number of nitrogens with zero attached hydrogens (tertiary/aromatic N) is 1. The summed E-state index contributed by atoms with van der Waals surface area (Å²) in [6.45, 7) is 2.96. The maximum atomic E-state index is 14.3. The van der Waals surface area contributed by atoms with Gasteiger partial charge in [0.1, 0.15) is 5.82 Å². The van der Waals surface area contributed by atoms with Gasteiger partial charge in [-0.15, -0.1) is 0 Å². The van der Waals surface area contributed by atoms with Crippen molar-refractivity contribution in [2.45, 2.75) is 25.9 Å². The lowest BCUT2D eigenvalue weighted by Crippen LogP contribution is -2.22. The molecule has 0 aliphatic carbocycles. The van der Waals surface area contributed by atoms with Crippen molar-refractivity contribution in [1.82, 2.24) is 5.32 Å². The van der Waals surface area contributed by atoms with E-state index >= 15 is 0 Å². The smallest absolute Gasteiger partial charge is 0.248 e. The largest absolute Gasteiger partial charge is 0.371 e. The third-order valence-corrected chi connectivity index (χ3v) is 4.38. The lowest BCUT2D eigenvalue weighted by atomic mass is 10.1. The van der Waals surface area contributed by atoms with Crippen LogP contribution in [-0.4, -0.2) is 19.0 Å². The molecule has 1 heterocycles. The third-order valence-electron chi connectivity index (χ3n) is 4.38. The summed E-state index contributed by atoms with van der Waals surface area (Å²) in [5.74, 6) is -0.625. The van der Waals surface area contributed by atoms with Crippen molar-refractivity contribution < 1.29 is 9.18 Å². The normalized spacial score (nSPS) is 14.1. The van der Waals surface area contributed by atoms with Gasteiger partial charge in [-0.2, -0.15) is 0 Å². The lowest BCUT2D eigenvalue weighted by Gasteiger charge is -2.22. The van der Waals surface area contributed by atoms with Crippen LogP contribution in [0.4, 0.5) is 10.1 Å². The highest BCUT2D eigenvalue weighted by Gasteiger charge is 2.17. The molecule has 3 N–H and O–H groups in total. The first-order chi connectivity index (χ1) is 11.6. The zero-order chi connectivity index (χ0) is 16.9.